The van der Waals surface area contributed by atoms with Crippen molar-refractivity contribution in [3.8, 4) is 0 Å². The Hall–Kier alpha value is -3.43. The number of carbonyl (C=O) groups excluding carboxylic acids is 5. The molecule has 10 nitrogen and oxygen atoms in total. The van der Waals surface area contributed by atoms with Gasteiger partial charge in [0.15, 0.2) is 5.54 Å². The van der Waals surface area contributed by atoms with Gasteiger partial charge in [-0.15, -0.1) is 0 Å². The Kier molecular flexibility index (Phi) is 5.27. The fraction of sp³-hybridized carbons (Fsp3) is 0.450. The molecule has 10 heteroatoms. The van der Waals surface area contributed by atoms with Crippen molar-refractivity contribution in [2.45, 2.75) is 25.4 Å². The average molecular weight is 418 g/mol. The lowest BCUT2D eigenvalue weighted by Gasteiger charge is -2.37. The first-order chi connectivity index (χ1) is 14.1. The third-order valence-electron chi connectivity index (χ3n) is 5.75. The zero-order chi connectivity index (χ0) is 22.4. The molecule has 2 saturated heterocycles. The average Bonchev–Trinajstić information content (AvgIpc) is 3.34. The molecule has 0 aliphatic carbocycles. The Morgan fingerprint density at radius 1 is 1.10 bits per heavy atom. The number of nitrogens with zero attached hydrogens (tertiary/aromatic N) is 2. The number of imide groups is 1. The summed E-state index contributed by atoms with van der Waals surface area (Å²) in [7, 11) is 3.61. The highest BCUT2D eigenvalue weighted by molar-refractivity contribution is 6.11. The molecule has 3 rings (SSSR count). The van der Waals surface area contributed by atoms with Crippen molar-refractivity contribution in [2.24, 2.45) is 11.8 Å². The highest BCUT2D eigenvalue weighted by Crippen LogP contribution is 2.55. The minimum atomic E-state index is -1.81. The van der Waals surface area contributed by atoms with Gasteiger partial charge in [0.2, 0.25) is 17.7 Å². The van der Waals surface area contributed by atoms with Crippen molar-refractivity contribution >= 4 is 29.7 Å². The summed E-state index contributed by atoms with van der Waals surface area (Å²) in [5, 5.41) is 0. The number of esters is 2. The molecule has 0 aromatic carbocycles. The predicted octanol–water partition coefficient (Wildman–Crippen LogP) is 0.363. The van der Waals surface area contributed by atoms with Crippen LogP contribution in [0.5, 0.6) is 0 Å². The van der Waals surface area contributed by atoms with Crippen molar-refractivity contribution in [2.75, 3.05) is 21.3 Å². The van der Waals surface area contributed by atoms with E-state index in [0.717, 1.165) is 36.2 Å². The number of rotatable bonds is 4. The van der Waals surface area contributed by atoms with Gasteiger partial charge in [0.05, 0.1) is 26.1 Å². The van der Waals surface area contributed by atoms with E-state index in [-0.39, 0.29) is 5.76 Å². The Morgan fingerprint density at radius 2 is 1.77 bits per heavy atom. The van der Waals surface area contributed by atoms with Gasteiger partial charge in [0, 0.05) is 19.2 Å². The summed E-state index contributed by atoms with van der Waals surface area (Å²) in [4.78, 5) is 65.4. The van der Waals surface area contributed by atoms with Gasteiger partial charge in [-0.05, 0) is 26.0 Å². The van der Waals surface area contributed by atoms with Crippen LogP contribution in [0.3, 0.4) is 0 Å². The topological polar surface area (TPSA) is 123 Å². The Balaban J connectivity index is 2.22. The lowest BCUT2D eigenvalue weighted by molar-refractivity contribution is -0.163. The molecule has 0 unspecified atom stereocenters. The first kappa shape index (κ1) is 21.3. The van der Waals surface area contributed by atoms with Gasteiger partial charge in [-0.2, -0.15) is 0 Å². The first-order valence-corrected chi connectivity index (χ1v) is 9.15. The van der Waals surface area contributed by atoms with E-state index in [0.29, 0.717) is 5.76 Å². The quantitative estimate of drug-likeness (QED) is 0.390. The number of ether oxygens (including phenoxy) is 2. The summed E-state index contributed by atoms with van der Waals surface area (Å²) < 4.78 is 15.1. The van der Waals surface area contributed by atoms with Crippen LogP contribution in [0.4, 0.5) is 0 Å². The number of hydrogen-bond donors (Lipinski definition) is 0. The van der Waals surface area contributed by atoms with Gasteiger partial charge < -0.3 is 18.8 Å². The molecule has 0 radical (unpaired) electrons. The lowest BCUT2D eigenvalue weighted by Crippen LogP contribution is -2.57. The molecule has 4 atom stereocenters. The van der Waals surface area contributed by atoms with Crippen LogP contribution in [0.2, 0.25) is 0 Å². The van der Waals surface area contributed by atoms with Crippen molar-refractivity contribution in [3.05, 3.63) is 35.8 Å². The molecule has 1 aromatic rings. The summed E-state index contributed by atoms with van der Waals surface area (Å²) >= 11 is 0. The highest BCUT2D eigenvalue weighted by Gasteiger charge is 2.71. The van der Waals surface area contributed by atoms with E-state index in [2.05, 4.69) is 4.74 Å². The van der Waals surface area contributed by atoms with Gasteiger partial charge in [-0.1, -0.05) is 0 Å². The Labute approximate surface area is 172 Å². The summed E-state index contributed by atoms with van der Waals surface area (Å²) in [5.41, 5.74) is -1.81. The van der Waals surface area contributed by atoms with Crippen LogP contribution in [0.25, 0.3) is 0 Å². The Morgan fingerprint density at radius 3 is 2.30 bits per heavy atom. The van der Waals surface area contributed by atoms with E-state index in [1.807, 2.05) is 0 Å². The van der Waals surface area contributed by atoms with Crippen molar-refractivity contribution in [1.29, 1.82) is 0 Å². The second-order valence-corrected chi connectivity index (χ2v) is 7.34. The van der Waals surface area contributed by atoms with Gasteiger partial charge in [-0.3, -0.25) is 19.3 Å². The third kappa shape index (κ3) is 2.90. The molecule has 3 amide bonds. The van der Waals surface area contributed by atoms with Crippen LogP contribution < -0.4 is 0 Å². The predicted molar refractivity (Wildman–Crippen MR) is 99.4 cm³/mol. The summed E-state index contributed by atoms with van der Waals surface area (Å²) in [6.45, 7) is 3.06. The fourth-order valence-corrected chi connectivity index (χ4v) is 4.35. The van der Waals surface area contributed by atoms with Crippen LogP contribution in [0, 0.1) is 18.8 Å². The van der Waals surface area contributed by atoms with Crippen LogP contribution >= 0.6 is 0 Å². The van der Waals surface area contributed by atoms with E-state index >= 15 is 0 Å². The van der Waals surface area contributed by atoms with E-state index in [9.17, 15) is 24.0 Å². The van der Waals surface area contributed by atoms with E-state index < -0.39 is 53.1 Å². The maximum absolute atomic E-state index is 13.2. The molecule has 30 heavy (non-hydrogen) atoms. The van der Waals surface area contributed by atoms with Crippen LogP contribution in [-0.2, 0) is 33.4 Å². The molecule has 0 spiro atoms. The van der Waals surface area contributed by atoms with E-state index in [1.54, 1.807) is 19.1 Å². The smallest absolute Gasteiger partial charge is 0.332 e. The maximum Gasteiger partial charge on any atom is 0.332 e. The number of amides is 3. The lowest BCUT2D eigenvalue weighted by atomic mass is 9.81. The molecular weight excluding hydrogens is 396 g/mol. The van der Waals surface area contributed by atoms with Crippen LogP contribution in [0.15, 0.2) is 28.7 Å². The molecule has 0 N–H and O–H groups in total. The van der Waals surface area contributed by atoms with E-state index in [4.69, 9.17) is 9.15 Å². The molecule has 2 fully saturated rings. The zero-order valence-corrected chi connectivity index (χ0v) is 17.2. The van der Waals surface area contributed by atoms with Gasteiger partial charge in [-0.25, -0.2) is 9.59 Å². The minimum Gasteiger partial charge on any atom is -0.467 e. The number of likely N-dealkylation sites (tertiary alicyclic amines) is 2. The monoisotopic (exact) mass is 418 g/mol. The number of hydrogen-bond acceptors (Lipinski definition) is 8. The molecule has 3 heterocycles. The number of aryl methyl sites for hydroxylation is 1. The van der Waals surface area contributed by atoms with Crippen LogP contribution in [0.1, 0.15) is 24.5 Å². The zero-order valence-electron chi connectivity index (χ0n) is 17.2. The maximum atomic E-state index is 13.2. The largest absolute Gasteiger partial charge is 0.467 e. The second kappa shape index (κ2) is 7.43. The Bertz CT molecular complexity index is 964. The molecule has 2 aliphatic rings. The molecular formula is C20H22N2O8. The second-order valence-electron chi connectivity index (χ2n) is 7.34. The van der Waals surface area contributed by atoms with Gasteiger partial charge in [0.1, 0.15) is 17.6 Å². The number of methoxy groups -OCH3 is 2. The third-order valence-corrected chi connectivity index (χ3v) is 5.75. The standard InChI is InChI=1S/C20H22N2O8/c1-10-6-7-11(30-10)16-14-15(18(26)21(3)17(14)25)20(2,19(27)29-5)22(16)12(23)8-9-13(24)28-4/h6-9,14-16H,1-5H3/b9-8-/t14-,15-,16-,20-/m0/s1. The first-order valence-electron chi connectivity index (χ1n) is 9.15. The van der Waals surface area contributed by atoms with Crippen LogP contribution in [-0.4, -0.2) is 66.3 Å². The summed E-state index contributed by atoms with van der Waals surface area (Å²) in [6.07, 6.45) is 1.82. The number of carbonyl (C=O) groups is 5. The highest BCUT2D eigenvalue weighted by atomic mass is 16.5. The number of fused-ring (bicyclic) bond motifs is 1. The van der Waals surface area contributed by atoms with Crippen molar-refractivity contribution in [3.63, 3.8) is 0 Å². The van der Waals surface area contributed by atoms with Gasteiger partial charge >= 0.3 is 11.9 Å². The minimum absolute atomic E-state index is 0.242. The fourth-order valence-electron chi connectivity index (χ4n) is 4.35. The molecule has 0 bridgehead atoms. The van der Waals surface area contributed by atoms with E-state index in [1.165, 1.54) is 14.0 Å². The SMILES string of the molecule is COC(=O)/C=C\C(=O)N1[C@@H](c2ccc(C)o2)[C@H]2C(=O)N(C)C(=O)[C@H]2[C@@]1(C)C(=O)OC. The van der Waals surface area contributed by atoms with Crippen molar-refractivity contribution < 1.29 is 37.9 Å². The molecule has 1 aromatic heterocycles. The van der Waals surface area contributed by atoms with Gasteiger partial charge in [0.25, 0.3) is 0 Å². The summed E-state index contributed by atoms with van der Waals surface area (Å²) in [6, 6.07) is 2.18. The van der Waals surface area contributed by atoms with Crippen molar-refractivity contribution in [1.82, 2.24) is 9.80 Å². The molecule has 160 valence electrons. The normalized spacial score (nSPS) is 28.2. The molecule has 0 saturated carbocycles. The molecule has 2 aliphatic heterocycles. The summed E-state index contributed by atoms with van der Waals surface area (Å²) in [5.74, 6) is -5.00. The number of furan rings is 1.